The second kappa shape index (κ2) is 7.04. The standard InChI is InChI=1S/C13H22ClN5O/c1-2-8-15-11-17-10(14)18-12(19-11)16-9-13(20)6-4-3-5-7-13/h20H,2-9H2,1H3,(H2,15,16,17,18,19). The Morgan fingerprint density at radius 1 is 1.10 bits per heavy atom. The molecule has 1 fully saturated rings. The zero-order valence-electron chi connectivity index (χ0n) is 11.8. The Morgan fingerprint density at radius 3 is 2.40 bits per heavy atom. The Balaban J connectivity index is 1.96. The van der Waals surface area contributed by atoms with Crippen LogP contribution >= 0.6 is 11.6 Å². The second-order valence-corrected chi connectivity index (χ2v) is 5.66. The summed E-state index contributed by atoms with van der Waals surface area (Å²) in [5, 5.41) is 16.7. The van der Waals surface area contributed by atoms with Gasteiger partial charge in [-0.2, -0.15) is 15.0 Å². The lowest BCUT2D eigenvalue weighted by Gasteiger charge is -2.32. The van der Waals surface area contributed by atoms with Crippen LogP contribution in [-0.2, 0) is 0 Å². The molecule has 0 aliphatic heterocycles. The largest absolute Gasteiger partial charge is 0.388 e. The van der Waals surface area contributed by atoms with Crippen LogP contribution < -0.4 is 10.6 Å². The zero-order chi connectivity index (χ0) is 14.4. The maximum Gasteiger partial charge on any atom is 0.228 e. The third-order valence-electron chi connectivity index (χ3n) is 3.50. The van der Waals surface area contributed by atoms with Crippen LogP contribution in [0.3, 0.4) is 0 Å². The highest BCUT2D eigenvalue weighted by Gasteiger charge is 2.29. The van der Waals surface area contributed by atoms with Crippen molar-refractivity contribution < 1.29 is 5.11 Å². The molecule has 20 heavy (non-hydrogen) atoms. The van der Waals surface area contributed by atoms with Gasteiger partial charge in [-0.05, 0) is 30.9 Å². The fourth-order valence-electron chi connectivity index (χ4n) is 2.38. The minimum absolute atomic E-state index is 0.150. The van der Waals surface area contributed by atoms with E-state index in [-0.39, 0.29) is 5.28 Å². The predicted molar refractivity (Wildman–Crippen MR) is 80.1 cm³/mol. The molecule has 1 aliphatic carbocycles. The van der Waals surface area contributed by atoms with Gasteiger partial charge in [-0.15, -0.1) is 0 Å². The van der Waals surface area contributed by atoms with Crippen LogP contribution in [0.1, 0.15) is 45.4 Å². The zero-order valence-corrected chi connectivity index (χ0v) is 12.6. The third kappa shape index (κ3) is 4.45. The molecule has 3 N–H and O–H groups in total. The van der Waals surface area contributed by atoms with Gasteiger partial charge in [0.1, 0.15) is 0 Å². The summed E-state index contributed by atoms with van der Waals surface area (Å²) < 4.78 is 0. The van der Waals surface area contributed by atoms with Crippen molar-refractivity contribution in [2.45, 2.75) is 51.0 Å². The molecule has 6 nitrogen and oxygen atoms in total. The Labute approximate surface area is 124 Å². The van der Waals surface area contributed by atoms with Crippen molar-refractivity contribution >= 4 is 23.5 Å². The van der Waals surface area contributed by atoms with E-state index in [2.05, 4.69) is 32.5 Å². The van der Waals surface area contributed by atoms with Crippen LogP contribution in [0, 0.1) is 0 Å². The molecule has 1 saturated carbocycles. The van der Waals surface area contributed by atoms with Crippen LogP contribution in [0.4, 0.5) is 11.9 Å². The number of aromatic nitrogens is 3. The van der Waals surface area contributed by atoms with E-state index in [9.17, 15) is 5.11 Å². The molecule has 0 aromatic carbocycles. The van der Waals surface area contributed by atoms with Gasteiger partial charge in [0.15, 0.2) is 0 Å². The van der Waals surface area contributed by atoms with Gasteiger partial charge < -0.3 is 15.7 Å². The summed E-state index contributed by atoms with van der Waals surface area (Å²) in [7, 11) is 0. The number of halogens is 1. The summed E-state index contributed by atoms with van der Waals surface area (Å²) in [5.41, 5.74) is -0.658. The van der Waals surface area contributed by atoms with E-state index in [0.717, 1.165) is 38.6 Å². The maximum absolute atomic E-state index is 10.4. The molecule has 1 aliphatic rings. The van der Waals surface area contributed by atoms with E-state index in [1.54, 1.807) is 0 Å². The van der Waals surface area contributed by atoms with E-state index in [1.165, 1.54) is 6.42 Å². The second-order valence-electron chi connectivity index (χ2n) is 5.32. The first-order chi connectivity index (χ1) is 9.61. The number of nitrogens with zero attached hydrogens (tertiary/aromatic N) is 3. The Kier molecular flexibility index (Phi) is 5.37. The van der Waals surface area contributed by atoms with Crippen LogP contribution in [0.5, 0.6) is 0 Å². The molecule has 0 atom stereocenters. The molecular weight excluding hydrogens is 278 g/mol. The first kappa shape index (κ1) is 15.3. The topological polar surface area (TPSA) is 83.0 Å². The van der Waals surface area contributed by atoms with E-state index < -0.39 is 5.60 Å². The molecule has 1 aromatic heterocycles. The van der Waals surface area contributed by atoms with Crippen LogP contribution in [0.2, 0.25) is 5.28 Å². The fourth-order valence-corrected chi connectivity index (χ4v) is 2.54. The van der Waals surface area contributed by atoms with Crippen molar-refractivity contribution in [1.29, 1.82) is 0 Å². The van der Waals surface area contributed by atoms with E-state index in [1.807, 2.05) is 0 Å². The monoisotopic (exact) mass is 299 g/mol. The van der Waals surface area contributed by atoms with Crippen LogP contribution in [0.25, 0.3) is 0 Å². The van der Waals surface area contributed by atoms with Crippen molar-refractivity contribution in [2.75, 3.05) is 23.7 Å². The van der Waals surface area contributed by atoms with Crippen LogP contribution in [-0.4, -0.2) is 38.7 Å². The van der Waals surface area contributed by atoms with Crippen molar-refractivity contribution in [2.24, 2.45) is 0 Å². The summed E-state index contributed by atoms with van der Waals surface area (Å²) in [4.78, 5) is 12.3. The summed E-state index contributed by atoms with van der Waals surface area (Å²) in [5.74, 6) is 0.868. The molecule has 2 rings (SSSR count). The number of rotatable bonds is 6. The quantitative estimate of drug-likeness (QED) is 0.748. The average Bonchev–Trinajstić information content (AvgIpc) is 2.43. The minimum atomic E-state index is -0.658. The van der Waals surface area contributed by atoms with Gasteiger partial charge in [0.05, 0.1) is 5.60 Å². The third-order valence-corrected chi connectivity index (χ3v) is 3.67. The lowest BCUT2D eigenvalue weighted by Crippen LogP contribution is -2.39. The van der Waals surface area contributed by atoms with E-state index >= 15 is 0 Å². The van der Waals surface area contributed by atoms with E-state index in [4.69, 9.17) is 11.6 Å². The number of anilines is 2. The molecule has 1 heterocycles. The maximum atomic E-state index is 10.4. The van der Waals surface area contributed by atoms with Gasteiger partial charge in [-0.25, -0.2) is 0 Å². The van der Waals surface area contributed by atoms with Crippen LogP contribution in [0.15, 0.2) is 0 Å². The van der Waals surface area contributed by atoms with Crippen molar-refractivity contribution in [1.82, 2.24) is 15.0 Å². The summed E-state index contributed by atoms with van der Waals surface area (Å²) in [6, 6.07) is 0. The Bertz CT molecular complexity index is 437. The smallest absolute Gasteiger partial charge is 0.228 e. The van der Waals surface area contributed by atoms with Gasteiger partial charge in [0.2, 0.25) is 17.2 Å². The van der Waals surface area contributed by atoms with Crippen molar-refractivity contribution in [3.63, 3.8) is 0 Å². The first-order valence-corrected chi connectivity index (χ1v) is 7.61. The number of hydrogen-bond donors (Lipinski definition) is 3. The normalized spacial score (nSPS) is 17.8. The molecule has 0 saturated heterocycles. The lowest BCUT2D eigenvalue weighted by atomic mass is 9.85. The molecule has 0 amide bonds. The van der Waals surface area contributed by atoms with Crippen molar-refractivity contribution in [3.8, 4) is 0 Å². The SMILES string of the molecule is CCCNc1nc(Cl)nc(NCC2(O)CCCCC2)n1. The summed E-state index contributed by atoms with van der Waals surface area (Å²) in [6.07, 6.45) is 5.95. The molecule has 7 heteroatoms. The highest BCUT2D eigenvalue weighted by molar-refractivity contribution is 6.28. The predicted octanol–water partition coefficient (Wildman–Crippen LogP) is 2.45. The molecular formula is C13H22ClN5O. The summed E-state index contributed by atoms with van der Waals surface area (Å²) in [6.45, 7) is 3.29. The molecule has 0 unspecified atom stereocenters. The number of aliphatic hydroxyl groups is 1. The van der Waals surface area contributed by atoms with Gasteiger partial charge >= 0.3 is 0 Å². The number of nitrogens with one attached hydrogen (secondary N) is 2. The molecule has 0 spiro atoms. The molecule has 1 aromatic rings. The minimum Gasteiger partial charge on any atom is -0.388 e. The highest BCUT2D eigenvalue weighted by Crippen LogP contribution is 2.28. The highest BCUT2D eigenvalue weighted by atomic mass is 35.5. The molecule has 0 radical (unpaired) electrons. The lowest BCUT2D eigenvalue weighted by molar-refractivity contribution is 0.0166. The summed E-state index contributed by atoms with van der Waals surface area (Å²) >= 11 is 5.88. The number of hydrogen-bond acceptors (Lipinski definition) is 6. The van der Waals surface area contributed by atoms with E-state index in [0.29, 0.717) is 18.4 Å². The van der Waals surface area contributed by atoms with Gasteiger partial charge in [0, 0.05) is 13.1 Å². The van der Waals surface area contributed by atoms with Gasteiger partial charge in [-0.1, -0.05) is 26.2 Å². The van der Waals surface area contributed by atoms with Gasteiger partial charge in [0.25, 0.3) is 0 Å². The Morgan fingerprint density at radius 2 is 1.75 bits per heavy atom. The van der Waals surface area contributed by atoms with Crippen molar-refractivity contribution in [3.05, 3.63) is 5.28 Å². The Hall–Kier alpha value is -1.14. The van der Waals surface area contributed by atoms with Gasteiger partial charge in [-0.3, -0.25) is 0 Å². The average molecular weight is 300 g/mol. The molecule has 0 bridgehead atoms. The fraction of sp³-hybridized carbons (Fsp3) is 0.769. The molecule has 112 valence electrons. The first-order valence-electron chi connectivity index (χ1n) is 7.23.